The Morgan fingerprint density at radius 1 is 1.07 bits per heavy atom. The summed E-state index contributed by atoms with van der Waals surface area (Å²) >= 11 is 0. The topological polar surface area (TPSA) is 89.1 Å². The summed E-state index contributed by atoms with van der Waals surface area (Å²) in [6.07, 6.45) is 8.14. The molecule has 30 heavy (non-hydrogen) atoms. The lowest BCUT2D eigenvalue weighted by atomic mass is 9.95. The van der Waals surface area contributed by atoms with Gasteiger partial charge in [0.15, 0.2) is 5.96 Å². The summed E-state index contributed by atoms with van der Waals surface area (Å²) in [4.78, 5) is 32.4. The van der Waals surface area contributed by atoms with E-state index in [0.717, 1.165) is 56.7 Å². The van der Waals surface area contributed by atoms with E-state index in [2.05, 4.69) is 32.8 Å². The van der Waals surface area contributed by atoms with E-state index in [0.29, 0.717) is 18.6 Å². The number of fused-ring (bicyclic) bond motifs is 2. The van der Waals surface area contributed by atoms with Crippen LogP contribution in [0, 0.1) is 11.8 Å². The number of nitrogens with one attached hydrogen (secondary N) is 3. The Hall–Kier alpha value is -1.83. The molecule has 0 aromatic heterocycles. The molecule has 2 bridgehead atoms. The number of piperidine rings is 1. The third-order valence-corrected chi connectivity index (χ3v) is 6.80. The minimum absolute atomic E-state index is 0.0111. The summed E-state index contributed by atoms with van der Waals surface area (Å²) < 4.78 is 0. The number of hydrogen-bond acceptors (Lipinski definition) is 4. The highest BCUT2D eigenvalue weighted by molar-refractivity contribution is 5.85. The molecule has 170 valence electrons. The van der Waals surface area contributed by atoms with Gasteiger partial charge in [0.2, 0.25) is 11.8 Å². The summed E-state index contributed by atoms with van der Waals surface area (Å²) in [5, 5.41) is 10.2. The Morgan fingerprint density at radius 2 is 1.83 bits per heavy atom. The molecule has 8 nitrogen and oxygen atoms in total. The van der Waals surface area contributed by atoms with Crippen molar-refractivity contribution in [2.75, 3.05) is 46.8 Å². The first kappa shape index (κ1) is 22.8. The molecule has 0 aromatic rings. The number of guanidine groups is 1. The highest BCUT2D eigenvalue weighted by Crippen LogP contribution is 2.44. The minimum atomic E-state index is 0.0111. The summed E-state index contributed by atoms with van der Waals surface area (Å²) in [5.41, 5.74) is 0. The molecule has 3 unspecified atom stereocenters. The van der Waals surface area contributed by atoms with Crippen molar-refractivity contribution < 1.29 is 9.59 Å². The second-order valence-corrected chi connectivity index (χ2v) is 9.42. The zero-order valence-corrected chi connectivity index (χ0v) is 19.0. The number of rotatable bonds is 8. The van der Waals surface area contributed by atoms with Crippen molar-refractivity contribution in [2.24, 2.45) is 16.8 Å². The molecular weight excluding hydrogens is 380 g/mol. The van der Waals surface area contributed by atoms with Gasteiger partial charge in [0, 0.05) is 45.8 Å². The largest absolute Gasteiger partial charge is 0.355 e. The summed E-state index contributed by atoms with van der Waals surface area (Å²) in [7, 11) is 3.53. The smallest absolute Gasteiger partial charge is 0.243 e. The predicted molar refractivity (Wildman–Crippen MR) is 119 cm³/mol. The van der Waals surface area contributed by atoms with Crippen LogP contribution in [-0.4, -0.2) is 86.5 Å². The van der Waals surface area contributed by atoms with Crippen molar-refractivity contribution in [1.29, 1.82) is 0 Å². The highest BCUT2D eigenvalue weighted by atomic mass is 16.2. The van der Waals surface area contributed by atoms with Crippen LogP contribution in [0.25, 0.3) is 0 Å². The van der Waals surface area contributed by atoms with E-state index >= 15 is 0 Å². The Morgan fingerprint density at radius 3 is 2.43 bits per heavy atom. The maximum Gasteiger partial charge on any atom is 0.243 e. The van der Waals surface area contributed by atoms with Crippen molar-refractivity contribution in [3.8, 4) is 0 Å². The Kier molecular flexibility index (Phi) is 8.36. The van der Waals surface area contributed by atoms with Gasteiger partial charge in [-0.25, -0.2) is 4.99 Å². The summed E-state index contributed by atoms with van der Waals surface area (Å²) in [6.45, 7) is 5.25. The first-order valence-corrected chi connectivity index (χ1v) is 11.7. The second-order valence-electron chi connectivity index (χ2n) is 9.42. The molecule has 2 saturated carbocycles. The molecule has 3 N–H and O–H groups in total. The predicted octanol–water partition coefficient (Wildman–Crippen LogP) is 0.789. The number of nitrogens with zero attached hydrogens (tertiary/aromatic N) is 3. The van der Waals surface area contributed by atoms with Crippen LogP contribution in [0.1, 0.15) is 51.9 Å². The first-order valence-electron chi connectivity index (χ1n) is 11.7. The molecular formula is C22H40N6O2. The lowest BCUT2D eigenvalue weighted by molar-refractivity contribution is -0.127. The molecule has 1 saturated heterocycles. The number of carbonyl (C=O) groups is 2. The fraction of sp³-hybridized carbons (Fsp3) is 0.864. The molecule has 0 aromatic carbocycles. The number of amides is 2. The average molecular weight is 421 g/mol. The maximum absolute atomic E-state index is 12.0. The molecule has 3 fully saturated rings. The number of likely N-dealkylation sites (tertiary alicyclic amines) is 1. The zero-order valence-electron chi connectivity index (χ0n) is 19.0. The molecule has 1 aliphatic heterocycles. The molecule has 1 heterocycles. The molecule has 0 radical (unpaired) electrons. The highest BCUT2D eigenvalue weighted by Gasteiger charge is 2.40. The van der Waals surface area contributed by atoms with Crippen LogP contribution in [0.4, 0.5) is 0 Å². The Bertz CT molecular complexity index is 615. The molecule has 3 aliphatic rings. The van der Waals surface area contributed by atoms with Crippen molar-refractivity contribution >= 4 is 17.8 Å². The molecule has 8 heteroatoms. The molecule has 2 amide bonds. The fourth-order valence-corrected chi connectivity index (χ4v) is 4.97. The van der Waals surface area contributed by atoms with Crippen LogP contribution in [0.3, 0.4) is 0 Å². The first-order chi connectivity index (χ1) is 14.4. The van der Waals surface area contributed by atoms with E-state index in [1.54, 1.807) is 19.0 Å². The van der Waals surface area contributed by atoms with Crippen molar-refractivity contribution in [3.05, 3.63) is 0 Å². The standard InChI is InChI=1S/C22H40N6O2/c1-4-9-23-20(29)15-28-10-7-18(8-11-28)25-22(24-14-21(30)27(2)3)26-19-13-16-5-6-17(19)12-16/h16-19H,4-15H2,1-3H3,(H,23,29)(H2,24,25,26). The molecule has 0 spiro atoms. The van der Waals surface area contributed by atoms with Gasteiger partial charge in [0.1, 0.15) is 6.54 Å². The van der Waals surface area contributed by atoms with Crippen LogP contribution in [0.5, 0.6) is 0 Å². The van der Waals surface area contributed by atoms with Crippen molar-refractivity contribution in [1.82, 2.24) is 25.8 Å². The van der Waals surface area contributed by atoms with Gasteiger partial charge >= 0.3 is 0 Å². The van der Waals surface area contributed by atoms with Crippen LogP contribution in [-0.2, 0) is 9.59 Å². The number of likely N-dealkylation sites (N-methyl/N-ethyl adjacent to an activating group) is 1. The van der Waals surface area contributed by atoms with E-state index in [-0.39, 0.29) is 18.4 Å². The van der Waals surface area contributed by atoms with E-state index in [1.165, 1.54) is 25.7 Å². The van der Waals surface area contributed by atoms with E-state index < -0.39 is 0 Å². The summed E-state index contributed by atoms with van der Waals surface area (Å²) in [6, 6.07) is 0.797. The number of carbonyl (C=O) groups excluding carboxylic acids is 2. The zero-order chi connectivity index (χ0) is 21.5. The minimum Gasteiger partial charge on any atom is -0.355 e. The molecule has 3 atom stereocenters. The van der Waals surface area contributed by atoms with Crippen LogP contribution in [0.15, 0.2) is 4.99 Å². The van der Waals surface area contributed by atoms with E-state index in [4.69, 9.17) is 0 Å². The quantitative estimate of drug-likeness (QED) is 0.399. The van der Waals surface area contributed by atoms with Crippen LogP contribution >= 0.6 is 0 Å². The van der Waals surface area contributed by atoms with Gasteiger partial charge < -0.3 is 20.9 Å². The maximum atomic E-state index is 12.0. The number of hydrogen-bond donors (Lipinski definition) is 3. The Labute approximate surface area is 181 Å². The van der Waals surface area contributed by atoms with E-state index in [1.807, 2.05) is 0 Å². The van der Waals surface area contributed by atoms with Crippen LogP contribution in [0.2, 0.25) is 0 Å². The van der Waals surface area contributed by atoms with Gasteiger partial charge in [0.25, 0.3) is 0 Å². The monoisotopic (exact) mass is 420 g/mol. The average Bonchev–Trinajstić information content (AvgIpc) is 3.34. The molecule has 3 rings (SSSR count). The third-order valence-electron chi connectivity index (χ3n) is 6.80. The lowest BCUT2D eigenvalue weighted by Crippen LogP contribution is -2.52. The molecule has 2 aliphatic carbocycles. The SMILES string of the molecule is CCCNC(=O)CN1CCC(NC(=NCC(=O)N(C)C)NC2CC3CCC2C3)CC1. The summed E-state index contributed by atoms with van der Waals surface area (Å²) in [5.74, 6) is 2.51. The van der Waals surface area contributed by atoms with Gasteiger partial charge in [-0.3, -0.25) is 14.5 Å². The van der Waals surface area contributed by atoms with Crippen LogP contribution < -0.4 is 16.0 Å². The normalized spacial score (nSPS) is 27.2. The van der Waals surface area contributed by atoms with Gasteiger partial charge in [-0.05, 0) is 50.4 Å². The van der Waals surface area contributed by atoms with E-state index in [9.17, 15) is 9.59 Å². The van der Waals surface area contributed by atoms with Gasteiger partial charge in [-0.1, -0.05) is 13.3 Å². The van der Waals surface area contributed by atoms with Crippen molar-refractivity contribution in [2.45, 2.75) is 64.0 Å². The second kappa shape index (κ2) is 11.0. The van der Waals surface area contributed by atoms with Gasteiger partial charge in [0.05, 0.1) is 6.54 Å². The third kappa shape index (κ3) is 6.59. The van der Waals surface area contributed by atoms with Gasteiger partial charge in [-0.15, -0.1) is 0 Å². The number of aliphatic imine (C=N–C) groups is 1. The Balaban J connectivity index is 1.49. The van der Waals surface area contributed by atoms with Crippen molar-refractivity contribution in [3.63, 3.8) is 0 Å². The fourth-order valence-electron chi connectivity index (χ4n) is 4.97. The van der Waals surface area contributed by atoms with Gasteiger partial charge in [-0.2, -0.15) is 0 Å². The lowest BCUT2D eigenvalue weighted by Gasteiger charge is -2.34.